The van der Waals surface area contributed by atoms with E-state index in [1.54, 1.807) is 0 Å². The number of hydrogen-bond donors (Lipinski definition) is 1. The van der Waals surface area contributed by atoms with Crippen LogP contribution in [-0.2, 0) is 0 Å². The van der Waals surface area contributed by atoms with Crippen LogP contribution in [0.4, 0.5) is 5.69 Å². The molecule has 0 radical (unpaired) electrons. The van der Waals surface area contributed by atoms with Crippen molar-refractivity contribution in [3.63, 3.8) is 0 Å². The highest BCUT2D eigenvalue weighted by Gasteiger charge is 2.23. The average molecular weight is 266 g/mol. The molecule has 18 heavy (non-hydrogen) atoms. The molecule has 0 aliphatic heterocycles. The highest BCUT2D eigenvalue weighted by atomic mass is 35.5. The normalized spacial score (nSPS) is 24.3. The van der Waals surface area contributed by atoms with E-state index in [-0.39, 0.29) is 0 Å². The Morgan fingerprint density at radius 2 is 2.06 bits per heavy atom. The van der Waals surface area contributed by atoms with Crippen LogP contribution in [0.3, 0.4) is 0 Å². The number of aryl methyl sites for hydroxylation is 1. The Balaban J connectivity index is 1.98. The van der Waals surface area contributed by atoms with Gasteiger partial charge in [0.25, 0.3) is 0 Å². The van der Waals surface area contributed by atoms with Gasteiger partial charge in [-0.3, -0.25) is 0 Å². The first-order valence-electron chi connectivity index (χ1n) is 7.09. The van der Waals surface area contributed by atoms with Gasteiger partial charge in [-0.2, -0.15) is 0 Å². The maximum atomic E-state index is 6.17. The highest BCUT2D eigenvalue weighted by Crippen LogP contribution is 2.32. The van der Waals surface area contributed by atoms with Crippen molar-refractivity contribution < 1.29 is 0 Å². The molecule has 0 aromatic heterocycles. The molecule has 0 saturated heterocycles. The Hall–Kier alpha value is -0.690. The summed E-state index contributed by atoms with van der Waals surface area (Å²) in [4.78, 5) is 0. The molecule has 2 rings (SSSR count). The van der Waals surface area contributed by atoms with Gasteiger partial charge in [-0.15, -0.1) is 0 Å². The zero-order valence-electron chi connectivity index (χ0n) is 11.7. The number of hydrogen-bond acceptors (Lipinski definition) is 1. The third-order valence-corrected chi connectivity index (χ3v) is 4.61. The maximum Gasteiger partial charge on any atom is 0.0455 e. The van der Waals surface area contributed by atoms with Crippen molar-refractivity contribution in [3.05, 3.63) is 28.8 Å². The molecule has 0 amide bonds. The molecule has 0 heterocycles. The summed E-state index contributed by atoms with van der Waals surface area (Å²) in [6, 6.07) is 6.90. The van der Waals surface area contributed by atoms with Crippen molar-refractivity contribution in [1.29, 1.82) is 0 Å². The molecule has 2 heteroatoms. The van der Waals surface area contributed by atoms with Crippen LogP contribution >= 0.6 is 11.6 Å². The Morgan fingerprint density at radius 1 is 1.28 bits per heavy atom. The van der Waals surface area contributed by atoms with Gasteiger partial charge in [0.1, 0.15) is 0 Å². The van der Waals surface area contributed by atoms with Crippen LogP contribution < -0.4 is 5.32 Å². The molecule has 1 saturated carbocycles. The van der Waals surface area contributed by atoms with Gasteiger partial charge in [-0.1, -0.05) is 44.4 Å². The topological polar surface area (TPSA) is 12.0 Å². The third kappa shape index (κ3) is 3.41. The van der Waals surface area contributed by atoms with Gasteiger partial charge in [-0.25, -0.2) is 0 Å². The molecule has 1 N–H and O–H groups in total. The van der Waals surface area contributed by atoms with Crippen LogP contribution in [0.2, 0.25) is 5.02 Å². The largest absolute Gasteiger partial charge is 0.382 e. The molecular formula is C16H24ClN. The SMILES string of the molecule is Cc1ccc(NC2CCCC(C(C)C)C2)cc1Cl. The lowest BCUT2D eigenvalue weighted by Gasteiger charge is -2.32. The van der Waals surface area contributed by atoms with Gasteiger partial charge in [-0.05, 0) is 49.3 Å². The van der Waals surface area contributed by atoms with E-state index in [2.05, 4.69) is 37.4 Å². The van der Waals surface area contributed by atoms with E-state index < -0.39 is 0 Å². The van der Waals surface area contributed by atoms with Crippen molar-refractivity contribution >= 4 is 17.3 Å². The summed E-state index contributed by atoms with van der Waals surface area (Å²) >= 11 is 6.17. The van der Waals surface area contributed by atoms with Crippen molar-refractivity contribution in [3.8, 4) is 0 Å². The first-order chi connectivity index (χ1) is 8.56. The second kappa shape index (κ2) is 5.97. The Bertz CT molecular complexity index is 400. The molecule has 1 aromatic carbocycles. The van der Waals surface area contributed by atoms with E-state index in [0.717, 1.165) is 22.4 Å². The molecule has 2 atom stereocenters. The lowest BCUT2D eigenvalue weighted by atomic mass is 9.79. The minimum Gasteiger partial charge on any atom is -0.382 e. The third-order valence-electron chi connectivity index (χ3n) is 4.20. The van der Waals surface area contributed by atoms with Crippen molar-refractivity contribution in [2.24, 2.45) is 11.8 Å². The van der Waals surface area contributed by atoms with Crippen LogP contribution in [0.15, 0.2) is 18.2 Å². The summed E-state index contributed by atoms with van der Waals surface area (Å²) in [5.74, 6) is 1.67. The van der Waals surface area contributed by atoms with Gasteiger partial charge in [0.05, 0.1) is 0 Å². The van der Waals surface area contributed by atoms with E-state index in [1.807, 2.05) is 6.92 Å². The van der Waals surface area contributed by atoms with E-state index in [1.165, 1.54) is 31.4 Å². The molecule has 1 aliphatic carbocycles. The number of benzene rings is 1. The fraction of sp³-hybridized carbons (Fsp3) is 0.625. The fourth-order valence-corrected chi connectivity index (χ4v) is 3.06. The van der Waals surface area contributed by atoms with Crippen molar-refractivity contribution in [2.75, 3.05) is 5.32 Å². The summed E-state index contributed by atoms with van der Waals surface area (Å²) in [7, 11) is 0. The fourth-order valence-electron chi connectivity index (χ4n) is 2.88. The second-order valence-corrected chi connectivity index (χ2v) is 6.38. The molecule has 2 unspecified atom stereocenters. The number of nitrogens with one attached hydrogen (secondary N) is 1. The zero-order chi connectivity index (χ0) is 13.1. The second-order valence-electron chi connectivity index (χ2n) is 5.98. The molecule has 1 fully saturated rings. The molecule has 0 bridgehead atoms. The molecule has 100 valence electrons. The van der Waals surface area contributed by atoms with Crippen molar-refractivity contribution in [1.82, 2.24) is 0 Å². The van der Waals surface area contributed by atoms with E-state index in [0.29, 0.717) is 6.04 Å². The predicted octanol–water partition coefficient (Wildman–Crippen LogP) is 5.28. The summed E-state index contributed by atoms with van der Waals surface area (Å²) in [5.41, 5.74) is 2.31. The lowest BCUT2D eigenvalue weighted by Crippen LogP contribution is -2.29. The van der Waals surface area contributed by atoms with Crippen LogP contribution in [0.25, 0.3) is 0 Å². The van der Waals surface area contributed by atoms with Gasteiger partial charge in [0.2, 0.25) is 0 Å². The molecule has 1 aromatic rings. The highest BCUT2D eigenvalue weighted by molar-refractivity contribution is 6.31. The first kappa shape index (κ1) is 13.7. The van der Waals surface area contributed by atoms with Crippen LogP contribution in [-0.4, -0.2) is 6.04 Å². The predicted molar refractivity (Wildman–Crippen MR) is 80.4 cm³/mol. The minimum atomic E-state index is 0.616. The van der Waals surface area contributed by atoms with Gasteiger partial charge >= 0.3 is 0 Å². The standard InChI is InChI=1S/C16H24ClN/c1-11(2)13-5-4-6-14(9-13)18-15-8-7-12(3)16(17)10-15/h7-8,10-11,13-14,18H,4-6,9H2,1-3H3. The molecule has 1 aliphatic rings. The number of anilines is 1. The Morgan fingerprint density at radius 3 is 2.72 bits per heavy atom. The van der Waals surface area contributed by atoms with E-state index in [9.17, 15) is 0 Å². The zero-order valence-corrected chi connectivity index (χ0v) is 12.4. The monoisotopic (exact) mass is 265 g/mol. The van der Waals surface area contributed by atoms with Crippen LogP contribution in [0, 0.1) is 18.8 Å². The lowest BCUT2D eigenvalue weighted by molar-refractivity contribution is 0.264. The van der Waals surface area contributed by atoms with Gasteiger partial charge in [0, 0.05) is 16.8 Å². The molecular weight excluding hydrogens is 242 g/mol. The van der Waals surface area contributed by atoms with Crippen molar-refractivity contribution in [2.45, 2.75) is 52.5 Å². The smallest absolute Gasteiger partial charge is 0.0455 e. The quantitative estimate of drug-likeness (QED) is 0.785. The van der Waals surface area contributed by atoms with Gasteiger partial charge < -0.3 is 5.32 Å². The molecule has 1 nitrogen and oxygen atoms in total. The minimum absolute atomic E-state index is 0.616. The van der Waals surface area contributed by atoms with Crippen LogP contribution in [0.5, 0.6) is 0 Å². The summed E-state index contributed by atoms with van der Waals surface area (Å²) in [6.45, 7) is 6.73. The van der Waals surface area contributed by atoms with Crippen LogP contribution in [0.1, 0.15) is 45.1 Å². The number of rotatable bonds is 3. The number of halogens is 1. The maximum absolute atomic E-state index is 6.17. The average Bonchev–Trinajstić information content (AvgIpc) is 2.34. The van der Waals surface area contributed by atoms with Gasteiger partial charge in [0.15, 0.2) is 0 Å². The first-order valence-corrected chi connectivity index (χ1v) is 7.46. The Labute approximate surface area is 116 Å². The summed E-state index contributed by atoms with van der Waals surface area (Å²) < 4.78 is 0. The Kier molecular flexibility index (Phi) is 4.55. The van der Waals surface area contributed by atoms with E-state index >= 15 is 0 Å². The van der Waals surface area contributed by atoms with E-state index in [4.69, 9.17) is 11.6 Å². The molecule has 0 spiro atoms. The summed E-state index contributed by atoms with van der Waals surface area (Å²) in [6.07, 6.45) is 5.32. The summed E-state index contributed by atoms with van der Waals surface area (Å²) in [5, 5.41) is 4.51.